The number of halogens is 2. The molecule has 1 atom stereocenters. The van der Waals surface area contributed by atoms with Crippen molar-refractivity contribution in [2.75, 3.05) is 6.61 Å². The molecule has 0 heterocycles. The Morgan fingerprint density at radius 2 is 1.91 bits per heavy atom. The maximum atomic E-state index is 13.4. The molecule has 2 rings (SSSR count). The molecular weight excluding hydrogens is 349 g/mol. The van der Waals surface area contributed by atoms with Gasteiger partial charge in [-0.15, -0.1) is 0 Å². The summed E-state index contributed by atoms with van der Waals surface area (Å²) in [5.41, 5.74) is 1.01. The van der Waals surface area contributed by atoms with Crippen molar-refractivity contribution in [3.8, 4) is 5.75 Å². The SMILES string of the molecule is CC(NC(=O)CCOc1ccccc1F)c1ccccc1Br. The molecule has 0 aliphatic heterocycles. The van der Waals surface area contributed by atoms with Crippen LogP contribution in [0, 0.1) is 5.82 Å². The van der Waals surface area contributed by atoms with E-state index in [2.05, 4.69) is 21.2 Å². The molecule has 0 aliphatic rings. The van der Waals surface area contributed by atoms with Crippen LogP contribution in [0.1, 0.15) is 24.9 Å². The molecule has 0 radical (unpaired) electrons. The van der Waals surface area contributed by atoms with Gasteiger partial charge in [-0.3, -0.25) is 4.79 Å². The maximum Gasteiger partial charge on any atom is 0.223 e. The second-order valence-electron chi connectivity index (χ2n) is 4.84. The van der Waals surface area contributed by atoms with Gasteiger partial charge in [0.1, 0.15) is 0 Å². The zero-order valence-corrected chi connectivity index (χ0v) is 13.8. The monoisotopic (exact) mass is 365 g/mol. The average molecular weight is 366 g/mol. The molecule has 1 N–H and O–H groups in total. The summed E-state index contributed by atoms with van der Waals surface area (Å²) in [4.78, 5) is 11.9. The van der Waals surface area contributed by atoms with E-state index >= 15 is 0 Å². The van der Waals surface area contributed by atoms with Gasteiger partial charge in [0.2, 0.25) is 5.91 Å². The molecule has 0 spiro atoms. The van der Waals surface area contributed by atoms with Gasteiger partial charge in [0.15, 0.2) is 11.6 Å². The normalized spacial score (nSPS) is 11.8. The molecule has 5 heteroatoms. The highest BCUT2D eigenvalue weighted by Crippen LogP contribution is 2.22. The molecule has 0 saturated carbocycles. The highest BCUT2D eigenvalue weighted by molar-refractivity contribution is 9.10. The topological polar surface area (TPSA) is 38.3 Å². The van der Waals surface area contributed by atoms with E-state index in [0.29, 0.717) is 0 Å². The first-order chi connectivity index (χ1) is 10.6. The van der Waals surface area contributed by atoms with Crippen molar-refractivity contribution in [3.63, 3.8) is 0 Å². The lowest BCUT2D eigenvalue weighted by molar-refractivity contribution is -0.122. The second kappa shape index (κ2) is 7.94. The van der Waals surface area contributed by atoms with Gasteiger partial charge >= 0.3 is 0 Å². The Balaban J connectivity index is 1.81. The fraction of sp³-hybridized carbons (Fsp3) is 0.235. The van der Waals surface area contributed by atoms with Crippen LogP contribution in [-0.2, 0) is 4.79 Å². The van der Waals surface area contributed by atoms with Crippen molar-refractivity contribution >= 4 is 21.8 Å². The van der Waals surface area contributed by atoms with Gasteiger partial charge in [-0.1, -0.05) is 46.3 Å². The number of carbonyl (C=O) groups is 1. The van der Waals surface area contributed by atoms with Gasteiger partial charge in [0.05, 0.1) is 19.1 Å². The summed E-state index contributed by atoms with van der Waals surface area (Å²) in [5.74, 6) is -0.404. The number of ether oxygens (including phenoxy) is 1. The van der Waals surface area contributed by atoms with Crippen molar-refractivity contribution < 1.29 is 13.9 Å². The van der Waals surface area contributed by atoms with Crippen LogP contribution in [0.15, 0.2) is 53.0 Å². The van der Waals surface area contributed by atoms with Crippen LogP contribution in [0.5, 0.6) is 5.75 Å². The average Bonchev–Trinajstić information content (AvgIpc) is 2.49. The molecule has 0 fully saturated rings. The number of amides is 1. The molecular formula is C17H17BrFNO2. The molecule has 3 nitrogen and oxygen atoms in total. The van der Waals surface area contributed by atoms with E-state index in [4.69, 9.17) is 4.74 Å². The van der Waals surface area contributed by atoms with E-state index in [1.807, 2.05) is 31.2 Å². The lowest BCUT2D eigenvalue weighted by Crippen LogP contribution is -2.28. The van der Waals surface area contributed by atoms with Gasteiger partial charge in [0, 0.05) is 4.47 Å². The Morgan fingerprint density at radius 1 is 1.23 bits per heavy atom. The van der Waals surface area contributed by atoms with Crippen molar-refractivity contribution in [1.29, 1.82) is 0 Å². The Labute approximate surface area is 137 Å². The molecule has 116 valence electrons. The predicted octanol–water partition coefficient (Wildman–Crippen LogP) is 4.23. The predicted molar refractivity (Wildman–Crippen MR) is 87.2 cm³/mol. The molecule has 2 aromatic carbocycles. The standard InChI is InChI=1S/C17H17BrFNO2/c1-12(13-6-2-3-7-14(13)18)20-17(21)10-11-22-16-9-5-4-8-15(16)19/h2-9,12H,10-11H2,1H3,(H,20,21). The van der Waals surface area contributed by atoms with Crippen molar-refractivity contribution in [1.82, 2.24) is 5.32 Å². The second-order valence-corrected chi connectivity index (χ2v) is 5.69. The van der Waals surface area contributed by atoms with E-state index < -0.39 is 5.82 Å². The van der Waals surface area contributed by atoms with Crippen LogP contribution in [0.4, 0.5) is 4.39 Å². The molecule has 0 bridgehead atoms. The minimum Gasteiger partial charge on any atom is -0.490 e. The minimum atomic E-state index is -0.426. The number of hydrogen-bond acceptors (Lipinski definition) is 2. The summed E-state index contributed by atoms with van der Waals surface area (Å²) in [6.07, 6.45) is 0.170. The van der Waals surface area contributed by atoms with E-state index in [-0.39, 0.29) is 30.7 Å². The first kappa shape index (κ1) is 16.5. The quantitative estimate of drug-likeness (QED) is 0.831. The Bertz CT molecular complexity index is 648. The first-order valence-corrected chi connectivity index (χ1v) is 7.78. The summed E-state index contributed by atoms with van der Waals surface area (Å²) in [5, 5.41) is 2.90. The van der Waals surface area contributed by atoms with Crippen molar-refractivity contribution in [2.45, 2.75) is 19.4 Å². The zero-order chi connectivity index (χ0) is 15.9. The summed E-state index contributed by atoms with van der Waals surface area (Å²) in [7, 11) is 0. The van der Waals surface area contributed by atoms with Crippen LogP contribution in [-0.4, -0.2) is 12.5 Å². The van der Waals surface area contributed by atoms with E-state index in [1.165, 1.54) is 12.1 Å². The highest BCUT2D eigenvalue weighted by atomic mass is 79.9. The third kappa shape index (κ3) is 4.56. The Morgan fingerprint density at radius 3 is 2.64 bits per heavy atom. The number of hydrogen-bond donors (Lipinski definition) is 1. The molecule has 22 heavy (non-hydrogen) atoms. The van der Waals surface area contributed by atoms with Crippen molar-refractivity contribution in [3.05, 3.63) is 64.4 Å². The number of nitrogens with one attached hydrogen (secondary N) is 1. The van der Waals surface area contributed by atoms with Crippen LogP contribution in [0.2, 0.25) is 0 Å². The van der Waals surface area contributed by atoms with Gasteiger partial charge in [-0.25, -0.2) is 4.39 Å². The van der Waals surface area contributed by atoms with E-state index in [0.717, 1.165) is 10.0 Å². The van der Waals surface area contributed by atoms with Gasteiger partial charge in [-0.2, -0.15) is 0 Å². The van der Waals surface area contributed by atoms with Gasteiger partial charge in [0.25, 0.3) is 0 Å². The third-order valence-corrected chi connectivity index (χ3v) is 3.89. The van der Waals surface area contributed by atoms with Gasteiger partial charge < -0.3 is 10.1 Å². The molecule has 0 aromatic heterocycles. The molecule has 0 aliphatic carbocycles. The smallest absolute Gasteiger partial charge is 0.223 e. The largest absolute Gasteiger partial charge is 0.490 e. The molecule has 2 aromatic rings. The Kier molecular flexibility index (Phi) is 5.95. The third-order valence-electron chi connectivity index (χ3n) is 3.17. The fourth-order valence-electron chi connectivity index (χ4n) is 2.03. The first-order valence-electron chi connectivity index (χ1n) is 6.99. The number of carbonyl (C=O) groups excluding carboxylic acids is 1. The van der Waals surface area contributed by atoms with E-state index in [1.54, 1.807) is 12.1 Å². The van der Waals surface area contributed by atoms with Crippen LogP contribution >= 0.6 is 15.9 Å². The number of rotatable bonds is 6. The van der Waals surface area contributed by atoms with Crippen LogP contribution in [0.25, 0.3) is 0 Å². The summed E-state index contributed by atoms with van der Waals surface area (Å²) in [6, 6.07) is 13.7. The van der Waals surface area contributed by atoms with Crippen LogP contribution in [0.3, 0.4) is 0 Å². The lowest BCUT2D eigenvalue weighted by atomic mass is 10.1. The Hall–Kier alpha value is -1.88. The van der Waals surface area contributed by atoms with Crippen LogP contribution < -0.4 is 10.1 Å². The number of benzene rings is 2. The molecule has 1 unspecified atom stereocenters. The minimum absolute atomic E-state index is 0.114. The number of para-hydroxylation sites is 1. The summed E-state index contributed by atoms with van der Waals surface area (Å²) in [6.45, 7) is 2.05. The fourth-order valence-corrected chi connectivity index (χ4v) is 2.66. The molecule has 0 saturated heterocycles. The summed E-state index contributed by atoms with van der Waals surface area (Å²) >= 11 is 3.46. The highest BCUT2D eigenvalue weighted by Gasteiger charge is 2.12. The van der Waals surface area contributed by atoms with Gasteiger partial charge in [-0.05, 0) is 30.7 Å². The zero-order valence-electron chi connectivity index (χ0n) is 12.2. The van der Waals surface area contributed by atoms with Crippen molar-refractivity contribution in [2.24, 2.45) is 0 Å². The summed E-state index contributed by atoms with van der Waals surface area (Å²) < 4.78 is 19.6. The molecule has 1 amide bonds. The maximum absolute atomic E-state index is 13.4. The lowest BCUT2D eigenvalue weighted by Gasteiger charge is -2.16. The van der Waals surface area contributed by atoms with E-state index in [9.17, 15) is 9.18 Å².